The van der Waals surface area contributed by atoms with Crippen LogP contribution in [0, 0.1) is 7.14 Å². The molecule has 0 aromatic heterocycles. The van der Waals surface area contributed by atoms with Gasteiger partial charge in [0, 0.05) is 7.14 Å². The molecule has 0 fully saturated rings. The first kappa shape index (κ1) is 14.9. The molecule has 2 heteroatoms. The third kappa shape index (κ3) is 2.13. The Balaban J connectivity index is 2.27. The van der Waals surface area contributed by atoms with E-state index in [9.17, 15) is 0 Å². The van der Waals surface area contributed by atoms with E-state index in [4.69, 9.17) is 0 Å². The summed E-state index contributed by atoms with van der Waals surface area (Å²) in [5.41, 5.74) is 1.58. The SMILES string of the molecule is CC(C)(C)c1cc2ccc3c(I)cc(I)c4ccc(c1)c2c34. The summed E-state index contributed by atoms with van der Waals surface area (Å²) in [7, 11) is 0. The van der Waals surface area contributed by atoms with E-state index < -0.39 is 0 Å². The first-order valence-electron chi connectivity index (χ1n) is 7.43. The van der Waals surface area contributed by atoms with Crippen molar-refractivity contribution in [3.05, 3.63) is 55.2 Å². The Labute approximate surface area is 157 Å². The predicted molar refractivity (Wildman–Crippen MR) is 114 cm³/mol. The monoisotopic (exact) mass is 510 g/mol. The van der Waals surface area contributed by atoms with Crippen molar-refractivity contribution in [3.63, 3.8) is 0 Å². The van der Waals surface area contributed by atoms with E-state index in [0.29, 0.717) is 0 Å². The maximum Gasteiger partial charge on any atom is 0.0219 e. The second-order valence-electron chi connectivity index (χ2n) is 6.99. The molecule has 22 heavy (non-hydrogen) atoms. The highest BCUT2D eigenvalue weighted by molar-refractivity contribution is 14.1. The van der Waals surface area contributed by atoms with Gasteiger partial charge in [0.1, 0.15) is 0 Å². The number of hydrogen-bond donors (Lipinski definition) is 0. The lowest BCUT2D eigenvalue weighted by molar-refractivity contribution is 0.591. The second kappa shape index (κ2) is 4.94. The maximum absolute atomic E-state index is 2.46. The smallest absolute Gasteiger partial charge is 0.0219 e. The van der Waals surface area contributed by atoms with Crippen LogP contribution in [0.15, 0.2) is 42.5 Å². The zero-order chi connectivity index (χ0) is 15.6. The zero-order valence-electron chi connectivity index (χ0n) is 12.8. The Hall–Kier alpha value is -0.620. The fraction of sp³-hybridized carbons (Fsp3) is 0.200. The number of rotatable bonds is 0. The van der Waals surface area contributed by atoms with Crippen LogP contribution in [-0.4, -0.2) is 0 Å². The summed E-state index contributed by atoms with van der Waals surface area (Å²) in [6.45, 7) is 6.85. The molecule has 0 nitrogen and oxygen atoms in total. The minimum Gasteiger partial charge on any atom is -0.0561 e. The van der Waals surface area contributed by atoms with Gasteiger partial charge in [-0.25, -0.2) is 0 Å². The molecule has 0 aliphatic heterocycles. The summed E-state index contributed by atoms with van der Waals surface area (Å²) in [5, 5.41) is 8.30. The largest absolute Gasteiger partial charge is 0.0561 e. The Kier molecular flexibility index (Phi) is 3.35. The molecule has 0 heterocycles. The number of halogens is 2. The quantitative estimate of drug-likeness (QED) is 0.175. The van der Waals surface area contributed by atoms with E-state index in [1.54, 1.807) is 0 Å². The molecule has 0 atom stereocenters. The Morgan fingerprint density at radius 2 is 1.18 bits per heavy atom. The van der Waals surface area contributed by atoms with Gasteiger partial charge in [0.2, 0.25) is 0 Å². The van der Waals surface area contributed by atoms with E-state index >= 15 is 0 Å². The van der Waals surface area contributed by atoms with Gasteiger partial charge >= 0.3 is 0 Å². The first-order valence-corrected chi connectivity index (χ1v) is 9.59. The fourth-order valence-corrected chi connectivity index (χ4v) is 5.38. The van der Waals surface area contributed by atoms with Crippen LogP contribution in [0.1, 0.15) is 26.3 Å². The van der Waals surface area contributed by atoms with E-state index in [1.807, 2.05) is 0 Å². The minimum atomic E-state index is 0.174. The topological polar surface area (TPSA) is 0 Å². The lowest BCUT2D eigenvalue weighted by Crippen LogP contribution is -2.10. The molecule has 0 aliphatic rings. The summed E-state index contributed by atoms with van der Waals surface area (Å²) in [6, 6.07) is 16.2. The lowest BCUT2D eigenvalue weighted by Gasteiger charge is -2.21. The molecule has 0 spiro atoms. The number of benzene rings is 4. The third-order valence-electron chi connectivity index (χ3n) is 4.48. The molecule has 0 amide bonds. The highest BCUT2D eigenvalue weighted by atomic mass is 127. The van der Waals surface area contributed by atoms with Crippen molar-refractivity contribution in [2.75, 3.05) is 0 Å². The molecule has 0 bridgehead atoms. The van der Waals surface area contributed by atoms with Gasteiger partial charge in [0.25, 0.3) is 0 Å². The van der Waals surface area contributed by atoms with Gasteiger partial charge in [-0.1, -0.05) is 57.2 Å². The van der Waals surface area contributed by atoms with Crippen molar-refractivity contribution < 1.29 is 0 Å². The molecule has 0 N–H and O–H groups in total. The van der Waals surface area contributed by atoms with Crippen molar-refractivity contribution in [3.8, 4) is 0 Å². The van der Waals surface area contributed by atoms with Crippen LogP contribution in [-0.2, 0) is 5.41 Å². The van der Waals surface area contributed by atoms with Gasteiger partial charge in [-0.15, -0.1) is 0 Å². The third-order valence-corrected chi connectivity index (χ3v) is 6.27. The van der Waals surface area contributed by atoms with Gasteiger partial charge in [-0.2, -0.15) is 0 Å². The predicted octanol–water partition coefficient (Wildman–Crippen LogP) is 7.09. The molecule has 0 saturated carbocycles. The summed E-state index contributed by atoms with van der Waals surface area (Å²) in [5.74, 6) is 0. The molecule has 0 radical (unpaired) electrons. The van der Waals surface area contributed by atoms with Gasteiger partial charge in [-0.3, -0.25) is 0 Å². The van der Waals surface area contributed by atoms with Crippen LogP contribution in [0.5, 0.6) is 0 Å². The van der Waals surface area contributed by atoms with E-state index in [0.717, 1.165) is 0 Å². The fourth-order valence-electron chi connectivity index (χ4n) is 3.26. The van der Waals surface area contributed by atoms with Crippen molar-refractivity contribution in [2.45, 2.75) is 26.2 Å². The van der Waals surface area contributed by atoms with Crippen molar-refractivity contribution in [1.82, 2.24) is 0 Å². The zero-order valence-corrected chi connectivity index (χ0v) is 17.1. The summed E-state index contributed by atoms with van der Waals surface area (Å²) >= 11 is 4.92. The Morgan fingerprint density at radius 1 is 0.682 bits per heavy atom. The van der Waals surface area contributed by atoms with Crippen molar-refractivity contribution in [1.29, 1.82) is 0 Å². The molecule has 0 unspecified atom stereocenters. The minimum absolute atomic E-state index is 0.174. The molecular weight excluding hydrogens is 494 g/mol. The molecule has 4 rings (SSSR count). The van der Waals surface area contributed by atoms with Crippen LogP contribution in [0.2, 0.25) is 0 Å². The van der Waals surface area contributed by atoms with Crippen LogP contribution in [0.3, 0.4) is 0 Å². The highest BCUT2D eigenvalue weighted by Gasteiger charge is 2.18. The van der Waals surface area contributed by atoms with E-state index in [2.05, 4.69) is 108 Å². The van der Waals surface area contributed by atoms with Gasteiger partial charge in [0.05, 0.1) is 0 Å². The molecular formula is C20H16I2. The summed E-state index contributed by atoms with van der Waals surface area (Å²) in [4.78, 5) is 0. The second-order valence-corrected chi connectivity index (χ2v) is 9.31. The Morgan fingerprint density at radius 3 is 1.64 bits per heavy atom. The summed E-state index contributed by atoms with van der Waals surface area (Å²) < 4.78 is 2.67. The average Bonchev–Trinajstić information content (AvgIpc) is 2.45. The highest BCUT2D eigenvalue weighted by Crippen LogP contribution is 2.40. The first-order chi connectivity index (χ1) is 10.4. The lowest BCUT2D eigenvalue weighted by atomic mass is 9.83. The van der Waals surface area contributed by atoms with E-state index in [1.165, 1.54) is 45.0 Å². The average molecular weight is 510 g/mol. The van der Waals surface area contributed by atoms with Crippen LogP contribution >= 0.6 is 45.2 Å². The standard InChI is InChI=1S/C20H16I2/c1-20(2,3)13-8-11-4-6-14-16(21)10-17(22)15-7-5-12(9-13)18(11)19(14)15/h4-10H,1-3H3. The van der Waals surface area contributed by atoms with E-state index in [-0.39, 0.29) is 5.41 Å². The molecule has 110 valence electrons. The van der Waals surface area contributed by atoms with Crippen molar-refractivity contribution in [2.24, 2.45) is 0 Å². The Bertz CT molecular complexity index is 953. The summed E-state index contributed by atoms with van der Waals surface area (Å²) in [6.07, 6.45) is 0. The van der Waals surface area contributed by atoms with Crippen LogP contribution in [0.4, 0.5) is 0 Å². The molecule has 4 aromatic carbocycles. The molecule has 4 aromatic rings. The van der Waals surface area contributed by atoms with Gasteiger partial charge in [-0.05, 0) is 94.5 Å². The van der Waals surface area contributed by atoms with Crippen molar-refractivity contribution >= 4 is 77.5 Å². The maximum atomic E-state index is 2.46. The molecule has 0 saturated heterocycles. The van der Waals surface area contributed by atoms with Crippen LogP contribution in [0.25, 0.3) is 32.3 Å². The molecule has 0 aliphatic carbocycles. The van der Waals surface area contributed by atoms with Crippen LogP contribution < -0.4 is 0 Å². The van der Waals surface area contributed by atoms with Gasteiger partial charge in [0.15, 0.2) is 0 Å². The normalized spacial score (nSPS) is 12.8. The van der Waals surface area contributed by atoms with Gasteiger partial charge < -0.3 is 0 Å². The number of hydrogen-bond acceptors (Lipinski definition) is 0.